The van der Waals surface area contributed by atoms with Gasteiger partial charge in [0, 0.05) is 0 Å². The van der Waals surface area contributed by atoms with Gasteiger partial charge in [-0.2, -0.15) is 0 Å². The van der Waals surface area contributed by atoms with Crippen molar-refractivity contribution in [1.82, 2.24) is 0 Å². The van der Waals surface area contributed by atoms with Crippen molar-refractivity contribution in [1.29, 1.82) is 0 Å². The monoisotopic (exact) mass is 386 g/mol. The molecule has 28 heavy (non-hydrogen) atoms. The second-order valence-electron chi connectivity index (χ2n) is 7.42. The maximum Gasteiger partial charge on any atom is -0.0316 e. The molecule has 0 aromatic carbocycles. The maximum atomic E-state index is 3.69. The highest BCUT2D eigenvalue weighted by atomic mass is 13.9. The molecule has 0 bridgehead atoms. The summed E-state index contributed by atoms with van der Waals surface area (Å²) in [5, 5.41) is 0. The summed E-state index contributed by atoms with van der Waals surface area (Å²) in [6.07, 6.45) is 38.2. The van der Waals surface area contributed by atoms with Gasteiger partial charge < -0.3 is 0 Å². The van der Waals surface area contributed by atoms with Crippen LogP contribution in [0.4, 0.5) is 0 Å². The van der Waals surface area contributed by atoms with E-state index in [1.165, 1.54) is 89.9 Å². The van der Waals surface area contributed by atoms with Crippen LogP contribution < -0.4 is 0 Å². The third-order valence-corrected chi connectivity index (χ3v) is 4.52. The molecule has 0 atom stereocenters. The Morgan fingerprint density at radius 3 is 1.39 bits per heavy atom. The zero-order chi connectivity index (χ0) is 21.0. The van der Waals surface area contributed by atoms with E-state index in [-0.39, 0.29) is 0 Å². The molecule has 0 nitrogen and oxygen atoms in total. The molecule has 0 heterocycles. The molecular formula is C28H50. The molecular weight excluding hydrogens is 336 g/mol. The first kappa shape index (κ1) is 28.9. The Balaban J connectivity index is 0. The lowest BCUT2D eigenvalue weighted by Crippen LogP contribution is -1.73. The van der Waals surface area contributed by atoms with Gasteiger partial charge in [-0.3, -0.25) is 0 Å². The number of unbranched alkanes of at least 4 members (excludes halogenated alkanes) is 9. The van der Waals surface area contributed by atoms with Crippen molar-refractivity contribution in [2.75, 3.05) is 0 Å². The van der Waals surface area contributed by atoms with Gasteiger partial charge in [0.1, 0.15) is 0 Å². The minimum atomic E-state index is 1.12. The van der Waals surface area contributed by atoms with Crippen molar-refractivity contribution < 1.29 is 0 Å². The predicted octanol–water partition coefficient (Wildman–Crippen LogP) is 10.3. The first-order valence-electron chi connectivity index (χ1n) is 12.0. The van der Waals surface area contributed by atoms with E-state index in [0.29, 0.717) is 0 Å². The Morgan fingerprint density at radius 2 is 0.964 bits per heavy atom. The zero-order valence-electron chi connectivity index (χ0n) is 19.3. The third-order valence-electron chi connectivity index (χ3n) is 4.52. The van der Waals surface area contributed by atoms with Crippen molar-refractivity contribution in [2.45, 2.75) is 117 Å². The molecule has 0 amide bonds. The fourth-order valence-corrected chi connectivity index (χ4v) is 2.71. The summed E-state index contributed by atoms with van der Waals surface area (Å²) in [5.41, 5.74) is 0. The number of hydrogen-bond donors (Lipinski definition) is 0. The number of rotatable bonds is 13. The van der Waals surface area contributed by atoms with Crippen LogP contribution in [0.1, 0.15) is 117 Å². The van der Waals surface area contributed by atoms with Crippen molar-refractivity contribution in [3.8, 4) is 0 Å². The minimum absolute atomic E-state index is 1.12. The fourth-order valence-electron chi connectivity index (χ4n) is 2.71. The third kappa shape index (κ3) is 32.4. The number of hydrogen-bond acceptors (Lipinski definition) is 0. The summed E-state index contributed by atoms with van der Waals surface area (Å²) in [5.74, 6) is 0. The van der Waals surface area contributed by atoms with Crippen LogP contribution in [0.5, 0.6) is 0 Å². The van der Waals surface area contributed by atoms with Gasteiger partial charge in [-0.25, -0.2) is 0 Å². The molecule has 0 radical (unpaired) electrons. The second-order valence-corrected chi connectivity index (χ2v) is 7.42. The Morgan fingerprint density at radius 1 is 0.536 bits per heavy atom. The Kier molecular flexibility index (Phi) is 31.4. The summed E-state index contributed by atoms with van der Waals surface area (Å²) >= 11 is 0. The van der Waals surface area contributed by atoms with Crippen molar-refractivity contribution >= 4 is 0 Å². The van der Waals surface area contributed by atoms with E-state index < -0.39 is 0 Å². The molecule has 0 N–H and O–H groups in total. The Labute approximate surface area is 178 Å². The van der Waals surface area contributed by atoms with Gasteiger partial charge in [0.05, 0.1) is 0 Å². The SMILES string of the molecule is C1=CCC/C=C\CC1.C=CCC/C=C/CCCCCC.C=CCCCCCC. The van der Waals surface area contributed by atoms with Crippen LogP contribution >= 0.6 is 0 Å². The van der Waals surface area contributed by atoms with Gasteiger partial charge in [-0.15, -0.1) is 13.2 Å². The highest BCUT2D eigenvalue weighted by molar-refractivity contribution is 4.93. The molecule has 0 heteroatoms. The van der Waals surface area contributed by atoms with Crippen LogP contribution in [0.2, 0.25) is 0 Å². The van der Waals surface area contributed by atoms with E-state index in [9.17, 15) is 0 Å². The lowest BCUT2D eigenvalue weighted by atomic mass is 10.1. The Bertz CT molecular complexity index is 343. The largest absolute Gasteiger partial charge is 0.103 e. The molecule has 1 aliphatic carbocycles. The zero-order valence-corrected chi connectivity index (χ0v) is 19.3. The first-order chi connectivity index (χ1) is 13.8. The van der Waals surface area contributed by atoms with Crippen molar-refractivity contribution in [3.63, 3.8) is 0 Å². The van der Waals surface area contributed by atoms with Crippen LogP contribution in [0.25, 0.3) is 0 Å². The average molecular weight is 387 g/mol. The van der Waals surface area contributed by atoms with Gasteiger partial charge >= 0.3 is 0 Å². The molecule has 0 fully saturated rings. The smallest absolute Gasteiger partial charge is 0.0316 e. The molecule has 1 rings (SSSR count). The molecule has 0 aromatic heterocycles. The van der Waals surface area contributed by atoms with Gasteiger partial charge in [0.2, 0.25) is 0 Å². The van der Waals surface area contributed by atoms with E-state index >= 15 is 0 Å². The quantitative estimate of drug-likeness (QED) is 0.218. The van der Waals surface area contributed by atoms with Gasteiger partial charge in [-0.1, -0.05) is 101 Å². The minimum Gasteiger partial charge on any atom is -0.103 e. The van der Waals surface area contributed by atoms with Crippen LogP contribution in [-0.4, -0.2) is 0 Å². The molecule has 0 unspecified atom stereocenters. The summed E-state index contributed by atoms with van der Waals surface area (Å²) in [6.45, 7) is 11.8. The van der Waals surface area contributed by atoms with Crippen molar-refractivity contribution in [3.05, 3.63) is 61.8 Å². The Hall–Kier alpha value is -1.30. The van der Waals surface area contributed by atoms with Crippen LogP contribution in [0.3, 0.4) is 0 Å². The molecule has 0 aromatic rings. The first-order valence-corrected chi connectivity index (χ1v) is 12.0. The van der Waals surface area contributed by atoms with Gasteiger partial charge in [-0.05, 0) is 64.2 Å². The summed E-state index contributed by atoms with van der Waals surface area (Å²) in [6, 6.07) is 0. The number of allylic oxidation sites excluding steroid dienone is 8. The van der Waals surface area contributed by atoms with E-state index in [1.807, 2.05) is 12.2 Å². The normalized spacial score (nSPS) is 14.1. The predicted molar refractivity (Wildman–Crippen MR) is 133 cm³/mol. The maximum absolute atomic E-state index is 3.69. The molecule has 1 aliphatic rings. The van der Waals surface area contributed by atoms with Crippen LogP contribution in [0.15, 0.2) is 61.8 Å². The van der Waals surface area contributed by atoms with Crippen LogP contribution in [0, 0.1) is 0 Å². The standard InChI is InChI=1S/C12H22.C8H12.C8H16/c1-3-5-7-9-11-12-10-8-6-4-2;1-2-4-6-8-7-5-3-1;1-3-5-7-8-6-4-2/h3,9,11H,1,4-8,10,12H2,2H3;1-2,7-8H,3-6H2;3H,1,4-8H2,2H3/b11-9+;2-1-,8-7?;. The van der Waals surface area contributed by atoms with Crippen LogP contribution in [-0.2, 0) is 0 Å². The lowest BCUT2D eigenvalue weighted by Gasteiger charge is -1.93. The average Bonchev–Trinajstić information content (AvgIpc) is 2.68. The summed E-state index contributed by atoms with van der Waals surface area (Å²) < 4.78 is 0. The van der Waals surface area contributed by atoms with E-state index in [4.69, 9.17) is 0 Å². The van der Waals surface area contributed by atoms with Gasteiger partial charge in [0.25, 0.3) is 0 Å². The van der Waals surface area contributed by atoms with Crippen molar-refractivity contribution in [2.24, 2.45) is 0 Å². The molecule has 162 valence electrons. The summed E-state index contributed by atoms with van der Waals surface area (Å²) in [4.78, 5) is 0. The summed E-state index contributed by atoms with van der Waals surface area (Å²) in [7, 11) is 0. The van der Waals surface area contributed by atoms with E-state index in [2.05, 4.69) is 63.5 Å². The highest BCUT2D eigenvalue weighted by Gasteiger charge is 1.84. The highest BCUT2D eigenvalue weighted by Crippen LogP contribution is 2.04. The van der Waals surface area contributed by atoms with E-state index in [1.54, 1.807) is 0 Å². The molecule has 0 saturated carbocycles. The molecule has 0 aliphatic heterocycles. The fraction of sp³-hybridized carbons (Fsp3) is 0.643. The van der Waals surface area contributed by atoms with Gasteiger partial charge in [0.15, 0.2) is 0 Å². The lowest BCUT2D eigenvalue weighted by molar-refractivity contribution is 0.674. The second kappa shape index (κ2) is 30.4. The molecule has 0 spiro atoms. The van der Waals surface area contributed by atoms with E-state index in [0.717, 1.165) is 12.8 Å². The molecule has 0 saturated heterocycles. The topological polar surface area (TPSA) is 0 Å².